The van der Waals surface area contributed by atoms with E-state index in [4.69, 9.17) is 5.11 Å². The van der Waals surface area contributed by atoms with Crippen LogP contribution in [0.15, 0.2) is 36.8 Å². The molecule has 0 spiro atoms. The van der Waals surface area contributed by atoms with Crippen molar-refractivity contribution >= 4 is 11.7 Å². The van der Waals surface area contributed by atoms with E-state index in [2.05, 4.69) is 27.0 Å². The lowest BCUT2D eigenvalue weighted by atomic mass is 10.2. The number of aromatic carboxylic acids is 1. The van der Waals surface area contributed by atoms with Gasteiger partial charge in [-0.05, 0) is 18.1 Å². The average molecular weight is 255 g/mol. The lowest BCUT2D eigenvalue weighted by molar-refractivity contribution is 0.0694. The summed E-state index contributed by atoms with van der Waals surface area (Å²) >= 11 is 0. The van der Waals surface area contributed by atoms with E-state index < -0.39 is 5.97 Å². The first-order valence-corrected chi connectivity index (χ1v) is 6.11. The lowest BCUT2D eigenvalue weighted by Gasteiger charge is -2.19. The molecule has 0 atom stereocenters. The van der Waals surface area contributed by atoms with Crippen molar-refractivity contribution in [3.05, 3.63) is 53.6 Å². The minimum Gasteiger partial charge on any atom is -0.478 e. The molecular formula is C14H13N3O2. The van der Waals surface area contributed by atoms with Gasteiger partial charge in [-0.2, -0.15) is 0 Å². The predicted molar refractivity (Wildman–Crippen MR) is 70.2 cm³/mol. The van der Waals surface area contributed by atoms with Crippen LogP contribution in [-0.4, -0.2) is 27.6 Å². The molecule has 5 heteroatoms. The Hall–Kier alpha value is -2.43. The van der Waals surface area contributed by atoms with Gasteiger partial charge in [0.25, 0.3) is 0 Å². The fourth-order valence-electron chi connectivity index (χ4n) is 2.41. The maximum Gasteiger partial charge on any atom is 0.339 e. The molecule has 3 rings (SSSR count). The number of hydrogen-bond acceptors (Lipinski definition) is 4. The largest absolute Gasteiger partial charge is 0.478 e. The highest BCUT2D eigenvalue weighted by Crippen LogP contribution is 2.28. The summed E-state index contributed by atoms with van der Waals surface area (Å²) in [5.74, 6) is -0.983. The van der Waals surface area contributed by atoms with Gasteiger partial charge < -0.3 is 10.0 Å². The molecular weight excluding hydrogens is 242 g/mol. The van der Waals surface area contributed by atoms with Gasteiger partial charge in [-0.3, -0.25) is 0 Å². The highest BCUT2D eigenvalue weighted by Gasteiger charge is 2.21. The number of benzene rings is 1. The highest BCUT2D eigenvalue weighted by molar-refractivity contribution is 5.88. The third-order valence-corrected chi connectivity index (χ3v) is 3.35. The van der Waals surface area contributed by atoms with Crippen LogP contribution in [0.5, 0.6) is 0 Å². The van der Waals surface area contributed by atoms with Gasteiger partial charge in [-0.1, -0.05) is 18.2 Å². The van der Waals surface area contributed by atoms with Gasteiger partial charge in [-0.25, -0.2) is 14.8 Å². The van der Waals surface area contributed by atoms with E-state index in [1.165, 1.54) is 18.1 Å². The molecule has 19 heavy (non-hydrogen) atoms. The molecule has 2 aromatic rings. The number of carboxylic acids is 1. The number of aromatic nitrogens is 2. The van der Waals surface area contributed by atoms with Crippen LogP contribution in [0, 0.1) is 0 Å². The number of anilines is 1. The van der Waals surface area contributed by atoms with Gasteiger partial charge in [0.2, 0.25) is 0 Å². The van der Waals surface area contributed by atoms with Crippen LogP contribution >= 0.6 is 0 Å². The summed E-state index contributed by atoms with van der Waals surface area (Å²) in [6, 6.07) is 8.18. The summed E-state index contributed by atoms with van der Waals surface area (Å²) < 4.78 is 0. The molecule has 0 aliphatic carbocycles. The van der Waals surface area contributed by atoms with Crippen LogP contribution < -0.4 is 4.90 Å². The van der Waals surface area contributed by atoms with Gasteiger partial charge in [0.1, 0.15) is 11.9 Å². The zero-order chi connectivity index (χ0) is 13.2. The van der Waals surface area contributed by atoms with Crippen LogP contribution in [0.4, 0.5) is 5.69 Å². The number of rotatable bonds is 3. The number of carboxylic acid groups (broad SMARTS) is 1. The highest BCUT2D eigenvalue weighted by atomic mass is 16.4. The second-order valence-corrected chi connectivity index (χ2v) is 4.49. The van der Waals surface area contributed by atoms with Crippen molar-refractivity contribution in [3.63, 3.8) is 0 Å². The van der Waals surface area contributed by atoms with Gasteiger partial charge in [0.05, 0.1) is 12.2 Å². The van der Waals surface area contributed by atoms with Gasteiger partial charge in [0.15, 0.2) is 0 Å². The number of fused-ring (bicyclic) bond motifs is 1. The third kappa shape index (κ3) is 2.14. The molecule has 5 nitrogen and oxygen atoms in total. The predicted octanol–water partition coefficient (Wildman–Crippen LogP) is 1.74. The maximum atomic E-state index is 11.1. The first-order valence-electron chi connectivity index (χ1n) is 6.11. The Morgan fingerprint density at radius 3 is 3.05 bits per heavy atom. The van der Waals surface area contributed by atoms with E-state index in [0.29, 0.717) is 12.2 Å². The molecule has 0 amide bonds. The second kappa shape index (κ2) is 4.68. The molecule has 0 fully saturated rings. The third-order valence-electron chi connectivity index (χ3n) is 3.35. The van der Waals surface area contributed by atoms with Gasteiger partial charge in [-0.15, -0.1) is 0 Å². The molecule has 1 N–H and O–H groups in total. The van der Waals surface area contributed by atoms with Gasteiger partial charge in [0, 0.05) is 18.4 Å². The standard InChI is InChI=1S/C14H13N3O2/c18-14(19)11-7-15-9-16-12(11)8-17-6-5-10-3-1-2-4-13(10)17/h1-4,7,9H,5-6,8H2,(H,18,19). The molecule has 0 bridgehead atoms. The quantitative estimate of drug-likeness (QED) is 0.904. The zero-order valence-corrected chi connectivity index (χ0v) is 10.3. The number of carbonyl (C=O) groups is 1. The van der Waals surface area contributed by atoms with Crippen molar-refractivity contribution in [1.29, 1.82) is 0 Å². The summed E-state index contributed by atoms with van der Waals surface area (Å²) in [7, 11) is 0. The summed E-state index contributed by atoms with van der Waals surface area (Å²) in [4.78, 5) is 21.2. The van der Waals surface area contributed by atoms with E-state index in [1.54, 1.807) is 0 Å². The molecule has 0 radical (unpaired) electrons. The van der Waals surface area contributed by atoms with Crippen LogP contribution in [0.25, 0.3) is 0 Å². The molecule has 0 unspecified atom stereocenters. The van der Waals surface area contributed by atoms with E-state index in [-0.39, 0.29) is 5.56 Å². The van der Waals surface area contributed by atoms with Crippen LogP contribution in [0.2, 0.25) is 0 Å². The maximum absolute atomic E-state index is 11.1. The Bertz CT molecular complexity index is 628. The number of para-hydroxylation sites is 1. The molecule has 1 aliphatic rings. The summed E-state index contributed by atoms with van der Waals surface area (Å²) in [5, 5.41) is 9.14. The average Bonchev–Trinajstić information content (AvgIpc) is 2.83. The molecule has 0 saturated carbocycles. The van der Waals surface area contributed by atoms with Crippen molar-refractivity contribution < 1.29 is 9.90 Å². The Morgan fingerprint density at radius 2 is 2.21 bits per heavy atom. The molecule has 2 heterocycles. The first kappa shape index (κ1) is 11.6. The van der Waals surface area contributed by atoms with Gasteiger partial charge >= 0.3 is 5.97 Å². The summed E-state index contributed by atoms with van der Waals surface area (Å²) in [6.07, 6.45) is 3.74. The molecule has 96 valence electrons. The van der Waals surface area contributed by atoms with Crippen molar-refractivity contribution in [2.24, 2.45) is 0 Å². The number of hydrogen-bond donors (Lipinski definition) is 1. The van der Waals surface area contributed by atoms with Crippen molar-refractivity contribution in [3.8, 4) is 0 Å². The monoisotopic (exact) mass is 255 g/mol. The Balaban J connectivity index is 1.90. The van der Waals surface area contributed by atoms with Crippen LogP contribution in [0.3, 0.4) is 0 Å². The Morgan fingerprint density at radius 1 is 1.37 bits per heavy atom. The zero-order valence-electron chi connectivity index (χ0n) is 10.3. The molecule has 0 saturated heterocycles. The summed E-state index contributed by atoms with van der Waals surface area (Å²) in [6.45, 7) is 1.39. The minimum atomic E-state index is -0.983. The van der Waals surface area contributed by atoms with Crippen molar-refractivity contribution in [2.75, 3.05) is 11.4 Å². The fourth-order valence-corrected chi connectivity index (χ4v) is 2.41. The Labute approximate surface area is 110 Å². The van der Waals surface area contributed by atoms with E-state index in [9.17, 15) is 4.79 Å². The van der Waals surface area contributed by atoms with Crippen molar-refractivity contribution in [1.82, 2.24) is 9.97 Å². The Kier molecular flexibility index (Phi) is 2.87. The van der Waals surface area contributed by atoms with Crippen LogP contribution in [0.1, 0.15) is 21.6 Å². The normalized spacial score (nSPS) is 13.4. The lowest BCUT2D eigenvalue weighted by Crippen LogP contribution is -2.22. The fraction of sp³-hybridized carbons (Fsp3) is 0.214. The molecule has 1 aliphatic heterocycles. The van der Waals surface area contributed by atoms with E-state index in [0.717, 1.165) is 18.7 Å². The van der Waals surface area contributed by atoms with Crippen LogP contribution in [-0.2, 0) is 13.0 Å². The minimum absolute atomic E-state index is 0.173. The summed E-state index contributed by atoms with van der Waals surface area (Å²) in [5.41, 5.74) is 3.19. The SMILES string of the molecule is O=C(O)c1cncnc1CN1CCc2ccccc21. The topological polar surface area (TPSA) is 66.3 Å². The molecule has 1 aromatic heterocycles. The molecule has 1 aromatic carbocycles. The van der Waals surface area contributed by atoms with E-state index in [1.807, 2.05) is 12.1 Å². The number of nitrogens with zero attached hydrogens (tertiary/aromatic N) is 3. The first-order chi connectivity index (χ1) is 9.25. The van der Waals surface area contributed by atoms with E-state index >= 15 is 0 Å². The van der Waals surface area contributed by atoms with Crippen molar-refractivity contribution in [2.45, 2.75) is 13.0 Å². The smallest absolute Gasteiger partial charge is 0.339 e. The second-order valence-electron chi connectivity index (χ2n) is 4.49.